The van der Waals surface area contributed by atoms with Crippen LogP contribution in [0.25, 0.3) is 0 Å². The van der Waals surface area contributed by atoms with E-state index >= 15 is 0 Å². The molecule has 2 N–H and O–H groups in total. The van der Waals surface area contributed by atoms with Gasteiger partial charge in [-0.25, -0.2) is 4.39 Å². The van der Waals surface area contributed by atoms with E-state index in [2.05, 4.69) is 0 Å². The van der Waals surface area contributed by atoms with E-state index in [9.17, 15) is 19.4 Å². The second-order valence-corrected chi connectivity index (χ2v) is 7.75. The van der Waals surface area contributed by atoms with Gasteiger partial charge in [0.1, 0.15) is 5.82 Å². The molecule has 2 fully saturated rings. The van der Waals surface area contributed by atoms with Crippen molar-refractivity contribution in [2.75, 3.05) is 13.1 Å². The molecule has 0 spiro atoms. The van der Waals surface area contributed by atoms with E-state index in [0.29, 0.717) is 38.8 Å². The summed E-state index contributed by atoms with van der Waals surface area (Å²) in [5.41, 5.74) is 0.114. The molecule has 1 saturated carbocycles. The van der Waals surface area contributed by atoms with Gasteiger partial charge in [0, 0.05) is 19.0 Å². The fourth-order valence-electron chi connectivity index (χ4n) is 4.15. The van der Waals surface area contributed by atoms with Crippen LogP contribution in [0.3, 0.4) is 0 Å². The zero-order valence-electron chi connectivity index (χ0n) is 14.7. The van der Waals surface area contributed by atoms with Crippen molar-refractivity contribution >= 4 is 5.91 Å². The van der Waals surface area contributed by atoms with Gasteiger partial charge in [0.15, 0.2) is 0 Å². The first-order valence-electron chi connectivity index (χ1n) is 9.38. The Hall–Kier alpha value is -1.46. The third-order valence-corrected chi connectivity index (χ3v) is 5.72. The first-order valence-corrected chi connectivity index (χ1v) is 9.38. The maximum atomic E-state index is 13.0. The van der Waals surface area contributed by atoms with Crippen LogP contribution >= 0.6 is 0 Å². The van der Waals surface area contributed by atoms with Crippen molar-refractivity contribution in [3.05, 3.63) is 35.6 Å². The number of halogens is 1. The highest BCUT2D eigenvalue weighted by Gasteiger charge is 2.36. The number of benzene rings is 1. The Morgan fingerprint density at radius 2 is 1.88 bits per heavy atom. The Morgan fingerprint density at radius 3 is 2.56 bits per heavy atom. The van der Waals surface area contributed by atoms with E-state index < -0.39 is 11.7 Å². The van der Waals surface area contributed by atoms with Crippen molar-refractivity contribution in [2.24, 2.45) is 5.92 Å². The van der Waals surface area contributed by atoms with E-state index in [1.165, 1.54) is 12.1 Å². The molecule has 3 rings (SSSR count). The third kappa shape index (κ3) is 4.79. The largest absolute Gasteiger partial charge is 0.393 e. The van der Waals surface area contributed by atoms with Crippen LogP contribution in [0.1, 0.15) is 50.5 Å². The molecule has 138 valence electrons. The minimum absolute atomic E-state index is 0.0135. The fraction of sp³-hybridized carbons (Fsp3) is 0.650. The van der Waals surface area contributed by atoms with Crippen LogP contribution in [0, 0.1) is 11.7 Å². The molecule has 0 radical (unpaired) electrons. The van der Waals surface area contributed by atoms with Crippen LogP contribution in [0.15, 0.2) is 24.3 Å². The lowest BCUT2D eigenvalue weighted by atomic mass is 9.81. The average Bonchev–Trinajstić information content (AvgIpc) is 2.59. The van der Waals surface area contributed by atoms with Crippen molar-refractivity contribution in [1.29, 1.82) is 0 Å². The molecular weight excluding hydrogens is 321 g/mol. The molecule has 1 aromatic carbocycles. The number of hydrogen-bond acceptors (Lipinski definition) is 3. The number of amides is 1. The lowest BCUT2D eigenvalue weighted by molar-refractivity contribution is -0.141. The molecule has 1 saturated heterocycles. The number of piperidine rings is 1. The maximum absolute atomic E-state index is 13.0. The molecule has 1 amide bonds. The summed E-state index contributed by atoms with van der Waals surface area (Å²) in [4.78, 5) is 14.4. The molecule has 2 aliphatic rings. The van der Waals surface area contributed by atoms with E-state index in [0.717, 1.165) is 24.8 Å². The molecule has 1 heterocycles. The van der Waals surface area contributed by atoms with Crippen LogP contribution in [-0.4, -0.2) is 45.8 Å². The van der Waals surface area contributed by atoms with Crippen LogP contribution in [0.2, 0.25) is 0 Å². The highest BCUT2D eigenvalue weighted by atomic mass is 19.1. The molecule has 2 atom stereocenters. The Labute approximate surface area is 148 Å². The first kappa shape index (κ1) is 18.3. The molecule has 1 aliphatic heterocycles. The Balaban J connectivity index is 1.59. The summed E-state index contributed by atoms with van der Waals surface area (Å²) in [5.74, 6) is -0.338. The summed E-state index contributed by atoms with van der Waals surface area (Å²) in [6.07, 6.45) is 5.41. The van der Waals surface area contributed by atoms with Crippen LogP contribution in [0.4, 0.5) is 4.39 Å². The summed E-state index contributed by atoms with van der Waals surface area (Å²) >= 11 is 0. The minimum atomic E-state index is -0.849. The molecule has 0 aromatic heterocycles. The van der Waals surface area contributed by atoms with Crippen molar-refractivity contribution < 1.29 is 19.4 Å². The molecule has 25 heavy (non-hydrogen) atoms. The van der Waals surface area contributed by atoms with Gasteiger partial charge in [-0.1, -0.05) is 31.4 Å². The van der Waals surface area contributed by atoms with Gasteiger partial charge in [-0.15, -0.1) is 0 Å². The van der Waals surface area contributed by atoms with E-state index in [1.807, 2.05) is 0 Å². The second kappa shape index (κ2) is 7.83. The molecule has 4 nitrogen and oxygen atoms in total. The Kier molecular flexibility index (Phi) is 5.74. The van der Waals surface area contributed by atoms with Crippen molar-refractivity contribution in [2.45, 2.75) is 63.1 Å². The zero-order chi connectivity index (χ0) is 17.9. The van der Waals surface area contributed by atoms with Gasteiger partial charge in [-0.3, -0.25) is 4.79 Å². The summed E-state index contributed by atoms with van der Waals surface area (Å²) in [7, 11) is 0. The summed E-state index contributed by atoms with van der Waals surface area (Å²) < 4.78 is 13.0. The van der Waals surface area contributed by atoms with E-state index in [4.69, 9.17) is 0 Å². The zero-order valence-corrected chi connectivity index (χ0v) is 14.7. The van der Waals surface area contributed by atoms with Gasteiger partial charge in [0.25, 0.3) is 0 Å². The lowest BCUT2D eigenvalue weighted by Crippen LogP contribution is -2.49. The van der Waals surface area contributed by atoms with Gasteiger partial charge in [-0.2, -0.15) is 0 Å². The lowest BCUT2D eigenvalue weighted by Gasteiger charge is -2.39. The molecule has 1 aromatic rings. The number of rotatable bonds is 4. The smallest absolute Gasteiger partial charge is 0.225 e. The van der Waals surface area contributed by atoms with E-state index in [1.54, 1.807) is 17.0 Å². The predicted octanol–water partition coefficient (Wildman–Crippen LogP) is 2.66. The van der Waals surface area contributed by atoms with Crippen LogP contribution in [0.5, 0.6) is 0 Å². The topological polar surface area (TPSA) is 60.8 Å². The Bertz CT molecular complexity index is 583. The van der Waals surface area contributed by atoms with Crippen molar-refractivity contribution in [1.82, 2.24) is 4.90 Å². The molecule has 1 aliphatic carbocycles. The summed E-state index contributed by atoms with van der Waals surface area (Å²) in [6, 6.07) is 6.30. The monoisotopic (exact) mass is 349 g/mol. The number of aliphatic hydroxyl groups excluding tert-OH is 1. The average molecular weight is 349 g/mol. The van der Waals surface area contributed by atoms with Gasteiger partial charge >= 0.3 is 0 Å². The van der Waals surface area contributed by atoms with Gasteiger partial charge in [0.2, 0.25) is 5.91 Å². The third-order valence-electron chi connectivity index (χ3n) is 5.72. The number of aliphatic hydroxyl groups is 2. The van der Waals surface area contributed by atoms with Crippen molar-refractivity contribution in [3.8, 4) is 0 Å². The number of likely N-dealkylation sites (tertiary alicyclic amines) is 1. The molecular formula is C20H28FNO3. The summed E-state index contributed by atoms with van der Waals surface area (Å²) in [6.45, 7) is 1.03. The SMILES string of the molecule is O=C(CC1(O)CCCCC1)N1CC[C@@H](O)[C@H](Cc2ccc(F)cc2)C1. The quantitative estimate of drug-likeness (QED) is 0.879. The van der Waals surface area contributed by atoms with Gasteiger partial charge in [-0.05, 0) is 43.4 Å². The highest BCUT2D eigenvalue weighted by Crippen LogP contribution is 2.32. The highest BCUT2D eigenvalue weighted by molar-refractivity contribution is 5.77. The molecule has 5 heteroatoms. The maximum Gasteiger partial charge on any atom is 0.225 e. The number of carbonyl (C=O) groups is 1. The predicted molar refractivity (Wildman–Crippen MR) is 93.4 cm³/mol. The van der Waals surface area contributed by atoms with Gasteiger partial charge in [0.05, 0.1) is 18.1 Å². The normalized spacial score (nSPS) is 26.4. The van der Waals surface area contributed by atoms with E-state index in [-0.39, 0.29) is 24.1 Å². The molecule has 0 bridgehead atoms. The Morgan fingerprint density at radius 1 is 1.20 bits per heavy atom. The van der Waals surface area contributed by atoms with Crippen LogP contribution < -0.4 is 0 Å². The number of carbonyl (C=O) groups excluding carboxylic acids is 1. The summed E-state index contributed by atoms with van der Waals surface area (Å²) in [5, 5.41) is 20.9. The standard InChI is InChI=1S/C20H28FNO3/c21-17-6-4-15(5-7-17)12-16-14-22(11-8-18(16)23)19(24)13-20(25)9-2-1-3-10-20/h4-7,16,18,23,25H,1-3,8-14H2/t16-,18-/m1/s1. The number of nitrogens with zero attached hydrogens (tertiary/aromatic N) is 1. The number of hydrogen-bond donors (Lipinski definition) is 2. The van der Waals surface area contributed by atoms with Crippen LogP contribution in [-0.2, 0) is 11.2 Å². The van der Waals surface area contributed by atoms with Crippen molar-refractivity contribution in [3.63, 3.8) is 0 Å². The van der Waals surface area contributed by atoms with Gasteiger partial charge < -0.3 is 15.1 Å². The minimum Gasteiger partial charge on any atom is -0.393 e. The second-order valence-electron chi connectivity index (χ2n) is 7.75. The first-order chi connectivity index (χ1) is 12.0. The fourth-order valence-corrected chi connectivity index (χ4v) is 4.15. The molecule has 0 unspecified atom stereocenters.